The van der Waals surface area contributed by atoms with E-state index in [0.29, 0.717) is 34.9 Å². The number of ether oxygens (including phenoxy) is 2. The molecule has 1 N–H and O–H groups in total. The van der Waals surface area contributed by atoms with Crippen molar-refractivity contribution >= 4 is 23.1 Å². The molecule has 0 aromatic heterocycles. The summed E-state index contributed by atoms with van der Waals surface area (Å²) in [7, 11) is 3.11. The highest BCUT2D eigenvalue weighted by molar-refractivity contribution is 6.36. The van der Waals surface area contributed by atoms with Gasteiger partial charge in [-0.15, -0.1) is 0 Å². The summed E-state index contributed by atoms with van der Waals surface area (Å²) in [5.74, 6) is 0.495. The van der Waals surface area contributed by atoms with E-state index in [1.165, 1.54) is 4.90 Å². The smallest absolute Gasteiger partial charge is 0.278 e. The molecule has 2 aromatic rings. The van der Waals surface area contributed by atoms with Crippen molar-refractivity contribution in [2.24, 2.45) is 0 Å². The second-order valence-electron chi connectivity index (χ2n) is 6.59. The van der Waals surface area contributed by atoms with E-state index in [1.54, 1.807) is 39.3 Å². The minimum absolute atomic E-state index is 0.238. The van der Waals surface area contributed by atoms with Gasteiger partial charge < -0.3 is 14.8 Å². The molecule has 0 spiro atoms. The zero-order chi connectivity index (χ0) is 20.4. The summed E-state index contributed by atoms with van der Waals surface area (Å²) in [5.41, 5.74) is 4.04. The van der Waals surface area contributed by atoms with Gasteiger partial charge in [0.1, 0.15) is 17.2 Å². The van der Waals surface area contributed by atoms with Gasteiger partial charge in [0.15, 0.2) is 0 Å². The third-order valence-electron chi connectivity index (χ3n) is 4.95. The van der Waals surface area contributed by atoms with E-state index in [9.17, 15) is 9.59 Å². The zero-order valence-corrected chi connectivity index (χ0v) is 16.8. The highest BCUT2D eigenvalue weighted by Crippen LogP contribution is 2.35. The van der Waals surface area contributed by atoms with Crippen LogP contribution in [0.15, 0.2) is 42.1 Å². The lowest BCUT2D eigenvalue weighted by Gasteiger charge is -2.14. The minimum Gasteiger partial charge on any atom is -0.497 e. The standard InChI is InChI=1S/C22H24N2O4/c1-6-24-21(25)19(15-8-7-13(2)14(3)11-15)20(22(24)26)23-17-12-16(27-4)9-10-18(17)28-5/h7-12,23H,6H2,1-5H3. The molecule has 146 valence electrons. The molecular weight excluding hydrogens is 356 g/mol. The fraction of sp³-hybridized carbons (Fsp3) is 0.273. The first-order valence-electron chi connectivity index (χ1n) is 9.08. The highest BCUT2D eigenvalue weighted by atomic mass is 16.5. The van der Waals surface area contributed by atoms with Crippen molar-refractivity contribution in [3.05, 3.63) is 58.8 Å². The summed E-state index contributed by atoms with van der Waals surface area (Å²) in [6.07, 6.45) is 0. The van der Waals surface area contributed by atoms with Crippen molar-refractivity contribution in [2.45, 2.75) is 20.8 Å². The number of amides is 2. The quantitative estimate of drug-likeness (QED) is 0.777. The summed E-state index contributed by atoms with van der Waals surface area (Å²) >= 11 is 0. The number of rotatable bonds is 6. The molecule has 0 radical (unpaired) electrons. The first-order chi connectivity index (χ1) is 13.4. The van der Waals surface area contributed by atoms with Gasteiger partial charge in [0, 0.05) is 12.6 Å². The number of likely N-dealkylation sites (N-methyl/N-ethyl adjacent to an activating group) is 1. The molecule has 3 rings (SSSR count). The normalized spacial score (nSPS) is 14.0. The highest BCUT2D eigenvalue weighted by Gasteiger charge is 2.38. The second-order valence-corrected chi connectivity index (χ2v) is 6.59. The van der Waals surface area contributed by atoms with Gasteiger partial charge >= 0.3 is 0 Å². The maximum Gasteiger partial charge on any atom is 0.278 e. The number of benzene rings is 2. The first kappa shape index (κ1) is 19.5. The van der Waals surface area contributed by atoms with Gasteiger partial charge in [-0.2, -0.15) is 0 Å². The van der Waals surface area contributed by atoms with Crippen LogP contribution in [0, 0.1) is 13.8 Å². The molecule has 1 heterocycles. The molecule has 1 aliphatic heterocycles. The third kappa shape index (κ3) is 3.33. The summed E-state index contributed by atoms with van der Waals surface area (Å²) in [6, 6.07) is 11.0. The van der Waals surface area contributed by atoms with Gasteiger partial charge in [-0.05, 0) is 49.6 Å². The molecule has 6 heteroatoms. The molecule has 0 saturated carbocycles. The molecule has 0 unspecified atom stereocenters. The Balaban J connectivity index is 2.15. The largest absolute Gasteiger partial charge is 0.497 e. The number of nitrogens with zero attached hydrogens (tertiary/aromatic N) is 1. The Morgan fingerprint density at radius 2 is 1.68 bits per heavy atom. The van der Waals surface area contributed by atoms with Crippen molar-refractivity contribution in [1.29, 1.82) is 0 Å². The van der Waals surface area contributed by atoms with Crippen molar-refractivity contribution < 1.29 is 19.1 Å². The van der Waals surface area contributed by atoms with Gasteiger partial charge in [-0.3, -0.25) is 14.5 Å². The van der Waals surface area contributed by atoms with E-state index in [-0.39, 0.29) is 17.5 Å². The van der Waals surface area contributed by atoms with Gasteiger partial charge in [0.25, 0.3) is 11.8 Å². The van der Waals surface area contributed by atoms with Crippen LogP contribution in [0.1, 0.15) is 23.6 Å². The van der Waals surface area contributed by atoms with Crippen LogP contribution in [0.2, 0.25) is 0 Å². The van der Waals surface area contributed by atoms with E-state index in [2.05, 4.69) is 5.32 Å². The predicted octanol–water partition coefficient (Wildman–Crippen LogP) is 3.53. The Kier molecular flexibility index (Phi) is 5.40. The number of hydrogen-bond donors (Lipinski definition) is 1. The van der Waals surface area contributed by atoms with Crippen molar-refractivity contribution in [3.63, 3.8) is 0 Å². The van der Waals surface area contributed by atoms with Crippen molar-refractivity contribution in [2.75, 3.05) is 26.1 Å². The summed E-state index contributed by atoms with van der Waals surface area (Å²) < 4.78 is 10.7. The van der Waals surface area contributed by atoms with Crippen LogP contribution in [-0.2, 0) is 9.59 Å². The number of hydrogen-bond acceptors (Lipinski definition) is 5. The van der Waals surface area contributed by atoms with Gasteiger partial charge in [0.2, 0.25) is 0 Å². The molecule has 0 atom stereocenters. The second kappa shape index (κ2) is 7.76. The molecule has 2 aromatic carbocycles. The number of methoxy groups -OCH3 is 2. The van der Waals surface area contributed by atoms with E-state index < -0.39 is 0 Å². The molecule has 2 amide bonds. The van der Waals surface area contributed by atoms with Crippen LogP contribution >= 0.6 is 0 Å². The first-order valence-corrected chi connectivity index (χ1v) is 9.08. The van der Waals surface area contributed by atoms with E-state index in [0.717, 1.165) is 11.1 Å². The lowest BCUT2D eigenvalue weighted by molar-refractivity contribution is -0.136. The molecular formula is C22H24N2O4. The third-order valence-corrected chi connectivity index (χ3v) is 4.95. The molecule has 0 fully saturated rings. The Morgan fingerprint density at radius 3 is 2.29 bits per heavy atom. The van der Waals surface area contributed by atoms with Gasteiger partial charge in [-0.1, -0.05) is 18.2 Å². The predicted molar refractivity (Wildman–Crippen MR) is 108 cm³/mol. The summed E-state index contributed by atoms with van der Waals surface area (Å²) in [5, 5.41) is 3.12. The molecule has 0 aliphatic carbocycles. The Morgan fingerprint density at radius 1 is 0.929 bits per heavy atom. The number of anilines is 1. The lowest BCUT2D eigenvalue weighted by atomic mass is 9.99. The summed E-state index contributed by atoms with van der Waals surface area (Å²) in [6.45, 7) is 6.07. The van der Waals surface area contributed by atoms with E-state index in [4.69, 9.17) is 9.47 Å². The SMILES string of the molecule is CCN1C(=O)C(Nc2cc(OC)ccc2OC)=C(c2ccc(C)c(C)c2)C1=O. The molecule has 0 saturated heterocycles. The van der Waals surface area contributed by atoms with E-state index >= 15 is 0 Å². The maximum atomic E-state index is 13.0. The van der Waals surface area contributed by atoms with Crippen molar-refractivity contribution in [1.82, 2.24) is 4.90 Å². The topological polar surface area (TPSA) is 67.9 Å². The average Bonchev–Trinajstić information content (AvgIpc) is 2.93. The fourth-order valence-corrected chi connectivity index (χ4v) is 3.19. The maximum absolute atomic E-state index is 13.0. The number of imide groups is 1. The van der Waals surface area contributed by atoms with Crippen molar-refractivity contribution in [3.8, 4) is 11.5 Å². The summed E-state index contributed by atoms with van der Waals surface area (Å²) in [4.78, 5) is 27.2. The van der Waals surface area contributed by atoms with Gasteiger partial charge in [0.05, 0.1) is 25.5 Å². The average molecular weight is 380 g/mol. The monoisotopic (exact) mass is 380 g/mol. The lowest BCUT2D eigenvalue weighted by Crippen LogP contribution is -2.32. The Hall–Kier alpha value is -3.28. The Labute approximate surface area is 164 Å². The van der Waals surface area contributed by atoms with Crippen LogP contribution in [-0.4, -0.2) is 37.5 Å². The van der Waals surface area contributed by atoms with Crippen LogP contribution in [0.25, 0.3) is 5.57 Å². The zero-order valence-electron chi connectivity index (χ0n) is 16.8. The van der Waals surface area contributed by atoms with E-state index in [1.807, 2.05) is 32.0 Å². The minimum atomic E-state index is -0.356. The fourth-order valence-electron chi connectivity index (χ4n) is 3.19. The number of carbonyl (C=O) groups excluding carboxylic acids is 2. The van der Waals surface area contributed by atoms with Crippen LogP contribution in [0.4, 0.5) is 5.69 Å². The number of carbonyl (C=O) groups is 2. The molecule has 1 aliphatic rings. The van der Waals surface area contributed by atoms with Crippen LogP contribution in [0.3, 0.4) is 0 Å². The molecule has 6 nitrogen and oxygen atoms in total. The molecule has 28 heavy (non-hydrogen) atoms. The van der Waals surface area contributed by atoms with Crippen LogP contribution < -0.4 is 14.8 Å². The number of aryl methyl sites for hydroxylation is 2. The van der Waals surface area contributed by atoms with Gasteiger partial charge in [-0.25, -0.2) is 0 Å². The number of nitrogens with one attached hydrogen (secondary N) is 1. The molecule has 0 bridgehead atoms. The Bertz CT molecular complexity index is 978. The van der Waals surface area contributed by atoms with Crippen LogP contribution in [0.5, 0.6) is 11.5 Å².